The lowest BCUT2D eigenvalue weighted by molar-refractivity contribution is -0.152. The van der Waals surface area contributed by atoms with Crippen molar-refractivity contribution in [2.75, 3.05) is 13.2 Å². The molecule has 0 spiro atoms. The van der Waals surface area contributed by atoms with Crippen molar-refractivity contribution in [1.29, 1.82) is 0 Å². The van der Waals surface area contributed by atoms with Gasteiger partial charge in [-0.2, -0.15) is 0 Å². The summed E-state index contributed by atoms with van der Waals surface area (Å²) >= 11 is 0. The maximum atomic E-state index is 12.4. The maximum absolute atomic E-state index is 12.4. The predicted octanol–water partition coefficient (Wildman–Crippen LogP) is 2.13. The third kappa shape index (κ3) is 7.18. The third-order valence-electron chi connectivity index (χ3n) is 4.44. The second-order valence-corrected chi connectivity index (χ2v) is 6.35. The molecule has 0 aromatic heterocycles. The Labute approximate surface area is 137 Å². The number of aliphatic hydroxyl groups is 1. The van der Waals surface area contributed by atoms with Crippen molar-refractivity contribution >= 4 is 12.1 Å². The van der Waals surface area contributed by atoms with Gasteiger partial charge in [-0.1, -0.05) is 32.6 Å². The highest BCUT2D eigenvalue weighted by molar-refractivity contribution is 5.73. The molecule has 1 aliphatic carbocycles. The Morgan fingerprint density at radius 2 is 1.96 bits per heavy atom. The number of hydrazine groups is 1. The molecule has 2 atom stereocenters. The van der Waals surface area contributed by atoms with Crippen molar-refractivity contribution in [3.05, 3.63) is 0 Å². The van der Waals surface area contributed by atoms with Gasteiger partial charge >= 0.3 is 12.1 Å². The lowest BCUT2D eigenvalue weighted by Gasteiger charge is -2.30. The zero-order valence-corrected chi connectivity index (χ0v) is 13.9. The fraction of sp³-hybridized carbons (Fsp3) is 0.875. The number of unbranched alkanes of at least 4 members (excludes halogenated alkanes) is 1. The molecule has 0 radical (unpaired) electrons. The van der Waals surface area contributed by atoms with Gasteiger partial charge in [0.1, 0.15) is 0 Å². The first-order valence-electron chi connectivity index (χ1n) is 8.55. The van der Waals surface area contributed by atoms with Crippen LogP contribution in [-0.2, 0) is 9.53 Å². The number of esters is 1. The second-order valence-electron chi connectivity index (χ2n) is 6.35. The average Bonchev–Trinajstić information content (AvgIpc) is 2.53. The molecule has 7 nitrogen and oxygen atoms in total. The Bertz CT molecular complexity index is 371. The summed E-state index contributed by atoms with van der Waals surface area (Å²) in [4.78, 5) is 23.1. The van der Waals surface area contributed by atoms with Crippen LogP contribution in [0.25, 0.3) is 0 Å². The molecule has 2 unspecified atom stereocenters. The van der Waals surface area contributed by atoms with Gasteiger partial charge in [-0.15, -0.1) is 0 Å². The minimum atomic E-state index is -1.30. The van der Waals surface area contributed by atoms with Crippen LogP contribution >= 0.6 is 0 Å². The molecule has 0 heterocycles. The van der Waals surface area contributed by atoms with Crippen LogP contribution in [0.4, 0.5) is 4.79 Å². The fourth-order valence-corrected chi connectivity index (χ4v) is 3.11. The molecule has 1 saturated carbocycles. The van der Waals surface area contributed by atoms with Crippen LogP contribution < -0.4 is 5.84 Å². The zero-order valence-electron chi connectivity index (χ0n) is 13.9. The normalized spacial score (nSPS) is 18.2. The number of amides is 1. The summed E-state index contributed by atoms with van der Waals surface area (Å²) < 4.78 is 5.34. The van der Waals surface area contributed by atoms with E-state index in [9.17, 15) is 14.7 Å². The standard InChI is InChI=1S/C16H30N2O5/c1-2-3-9-23-15(20)14(12-7-5-4-6-8-12)10-13(19)11-18(17)16(21)22/h12-14,19H,2-11,17H2,1H3,(H,21,22). The molecule has 0 aromatic carbocycles. The molecule has 0 saturated heterocycles. The van der Waals surface area contributed by atoms with Gasteiger partial charge in [-0.3, -0.25) is 4.79 Å². The van der Waals surface area contributed by atoms with E-state index in [4.69, 9.17) is 15.7 Å². The number of hydrogen-bond donors (Lipinski definition) is 3. The van der Waals surface area contributed by atoms with Crippen LogP contribution in [-0.4, -0.2) is 46.5 Å². The van der Waals surface area contributed by atoms with E-state index in [0.717, 1.165) is 38.5 Å². The number of carboxylic acid groups (broad SMARTS) is 1. The lowest BCUT2D eigenvalue weighted by Crippen LogP contribution is -2.43. The van der Waals surface area contributed by atoms with Crippen molar-refractivity contribution in [2.45, 2.75) is 64.4 Å². The van der Waals surface area contributed by atoms with Crippen molar-refractivity contribution in [3.63, 3.8) is 0 Å². The van der Waals surface area contributed by atoms with E-state index in [0.29, 0.717) is 11.6 Å². The first kappa shape index (κ1) is 19.7. The van der Waals surface area contributed by atoms with Gasteiger partial charge in [0, 0.05) is 0 Å². The summed E-state index contributed by atoms with van der Waals surface area (Å²) in [5.41, 5.74) is 0. The highest BCUT2D eigenvalue weighted by atomic mass is 16.5. The monoisotopic (exact) mass is 330 g/mol. The Kier molecular flexibility index (Phi) is 8.94. The first-order valence-corrected chi connectivity index (χ1v) is 8.55. The van der Waals surface area contributed by atoms with Gasteiger partial charge in [0.05, 0.1) is 25.2 Å². The zero-order chi connectivity index (χ0) is 17.2. The van der Waals surface area contributed by atoms with Crippen LogP contribution in [0.1, 0.15) is 58.3 Å². The van der Waals surface area contributed by atoms with Crippen molar-refractivity contribution in [3.8, 4) is 0 Å². The summed E-state index contributed by atoms with van der Waals surface area (Å²) in [7, 11) is 0. The van der Waals surface area contributed by atoms with Gasteiger partial charge < -0.3 is 14.9 Å². The second kappa shape index (κ2) is 10.4. The number of rotatable bonds is 9. The summed E-state index contributed by atoms with van der Waals surface area (Å²) in [5.74, 6) is 4.84. The topological polar surface area (TPSA) is 113 Å². The molecule has 0 aromatic rings. The van der Waals surface area contributed by atoms with Gasteiger partial charge in [0.25, 0.3) is 0 Å². The molecule has 134 valence electrons. The Morgan fingerprint density at radius 1 is 1.30 bits per heavy atom. The molecule has 1 fully saturated rings. The predicted molar refractivity (Wildman–Crippen MR) is 85.5 cm³/mol. The van der Waals surface area contributed by atoms with Crippen LogP contribution in [0, 0.1) is 11.8 Å². The van der Waals surface area contributed by atoms with E-state index < -0.39 is 12.2 Å². The van der Waals surface area contributed by atoms with E-state index in [1.165, 1.54) is 6.42 Å². The fourth-order valence-electron chi connectivity index (χ4n) is 3.11. The largest absolute Gasteiger partial charge is 0.465 e. The Balaban J connectivity index is 2.62. The summed E-state index contributed by atoms with van der Waals surface area (Å²) in [6.07, 6.45) is 4.92. The van der Waals surface area contributed by atoms with Crippen molar-refractivity contribution in [1.82, 2.24) is 5.01 Å². The molecule has 1 amide bonds. The highest BCUT2D eigenvalue weighted by Gasteiger charge is 2.33. The Hall–Kier alpha value is -1.34. The van der Waals surface area contributed by atoms with Gasteiger partial charge in [-0.05, 0) is 31.6 Å². The molecule has 4 N–H and O–H groups in total. The molecule has 7 heteroatoms. The molecule has 23 heavy (non-hydrogen) atoms. The molecule has 0 aliphatic heterocycles. The minimum Gasteiger partial charge on any atom is -0.465 e. The number of aliphatic hydroxyl groups excluding tert-OH is 1. The van der Waals surface area contributed by atoms with E-state index in [1.54, 1.807) is 0 Å². The number of carbonyl (C=O) groups is 2. The summed E-state index contributed by atoms with van der Waals surface area (Å²) in [6.45, 7) is 2.21. The maximum Gasteiger partial charge on any atom is 0.421 e. The molecular formula is C16H30N2O5. The van der Waals surface area contributed by atoms with Gasteiger partial charge in [0.15, 0.2) is 0 Å². The average molecular weight is 330 g/mol. The lowest BCUT2D eigenvalue weighted by atomic mass is 9.77. The third-order valence-corrected chi connectivity index (χ3v) is 4.44. The van der Waals surface area contributed by atoms with E-state index in [-0.39, 0.29) is 30.8 Å². The van der Waals surface area contributed by atoms with Crippen LogP contribution in [0.15, 0.2) is 0 Å². The molecule has 0 bridgehead atoms. The molecule has 1 rings (SSSR count). The minimum absolute atomic E-state index is 0.191. The number of carbonyl (C=O) groups excluding carboxylic acids is 1. The molecular weight excluding hydrogens is 300 g/mol. The number of hydrogen-bond acceptors (Lipinski definition) is 5. The first-order chi connectivity index (χ1) is 11.0. The van der Waals surface area contributed by atoms with E-state index in [2.05, 4.69) is 0 Å². The van der Waals surface area contributed by atoms with Crippen LogP contribution in [0.5, 0.6) is 0 Å². The SMILES string of the molecule is CCCCOC(=O)C(CC(O)CN(N)C(=O)O)C1CCCCC1. The van der Waals surface area contributed by atoms with E-state index >= 15 is 0 Å². The van der Waals surface area contributed by atoms with Crippen LogP contribution in [0.2, 0.25) is 0 Å². The van der Waals surface area contributed by atoms with Gasteiger partial charge in [-0.25, -0.2) is 15.6 Å². The Morgan fingerprint density at radius 3 is 2.52 bits per heavy atom. The van der Waals surface area contributed by atoms with E-state index in [1.807, 2.05) is 6.92 Å². The summed E-state index contributed by atoms with van der Waals surface area (Å²) in [5, 5.41) is 19.4. The van der Waals surface area contributed by atoms with Crippen LogP contribution in [0.3, 0.4) is 0 Å². The number of ether oxygens (including phenoxy) is 1. The highest BCUT2D eigenvalue weighted by Crippen LogP contribution is 2.33. The quantitative estimate of drug-likeness (QED) is 0.196. The number of nitrogens with two attached hydrogens (primary N) is 1. The van der Waals surface area contributed by atoms with Crippen molar-refractivity contribution in [2.24, 2.45) is 17.7 Å². The summed E-state index contributed by atoms with van der Waals surface area (Å²) in [6, 6.07) is 0. The molecule has 1 aliphatic rings. The van der Waals surface area contributed by atoms with Crippen molar-refractivity contribution < 1.29 is 24.5 Å². The number of nitrogens with zero attached hydrogens (tertiary/aromatic N) is 1. The van der Waals surface area contributed by atoms with Gasteiger partial charge in [0.2, 0.25) is 0 Å². The smallest absolute Gasteiger partial charge is 0.421 e.